The molecule has 0 aromatic rings. The van der Waals surface area contributed by atoms with Gasteiger partial charge in [-0.2, -0.15) is 0 Å². The molecule has 3 atom stereocenters. The summed E-state index contributed by atoms with van der Waals surface area (Å²) in [5.41, 5.74) is -1.28. The Morgan fingerprint density at radius 1 is 1.36 bits per heavy atom. The Balaban J connectivity index is 2.07. The molecule has 2 aliphatic rings. The number of fused-ring (bicyclic) bond motifs is 2. The fourth-order valence-electron chi connectivity index (χ4n) is 2.32. The van der Waals surface area contributed by atoms with Crippen molar-refractivity contribution in [1.82, 2.24) is 5.32 Å². The van der Waals surface area contributed by atoms with Gasteiger partial charge in [0.25, 0.3) is 0 Å². The molecule has 0 saturated carbocycles. The first-order chi connectivity index (χ1) is 5.22. The standard InChI is InChI=1S/C8H14FNO/c9-8(5-11)3-6-1-2-7(4-8)10-6/h6-7,10-11H,1-5H2/t6-,7+,8?. The van der Waals surface area contributed by atoms with Gasteiger partial charge in [0.05, 0.1) is 6.61 Å². The molecule has 2 nitrogen and oxygen atoms in total. The number of nitrogens with one attached hydrogen (secondary N) is 1. The minimum absolute atomic E-state index is 0.304. The molecule has 2 rings (SSSR count). The second-order valence-corrected chi connectivity index (χ2v) is 3.86. The van der Waals surface area contributed by atoms with Crippen molar-refractivity contribution in [3.63, 3.8) is 0 Å². The summed E-state index contributed by atoms with van der Waals surface area (Å²) >= 11 is 0. The van der Waals surface area contributed by atoms with E-state index in [2.05, 4.69) is 5.32 Å². The predicted molar refractivity (Wildman–Crippen MR) is 40.1 cm³/mol. The lowest BCUT2D eigenvalue weighted by Crippen LogP contribution is -2.47. The van der Waals surface area contributed by atoms with Gasteiger partial charge < -0.3 is 10.4 Å². The second kappa shape index (κ2) is 2.42. The molecule has 3 heteroatoms. The lowest BCUT2D eigenvalue weighted by atomic mass is 9.90. The summed E-state index contributed by atoms with van der Waals surface area (Å²) < 4.78 is 13.6. The summed E-state index contributed by atoms with van der Waals surface area (Å²) in [5.74, 6) is 0. The highest BCUT2D eigenvalue weighted by Crippen LogP contribution is 2.36. The molecule has 0 amide bonds. The van der Waals surface area contributed by atoms with Crippen LogP contribution in [0.2, 0.25) is 0 Å². The van der Waals surface area contributed by atoms with Crippen molar-refractivity contribution in [3.8, 4) is 0 Å². The molecule has 2 heterocycles. The minimum atomic E-state index is -1.28. The third-order valence-electron chi connectivity index (χ3n) is 2.84. The van der Waals surface area contributed by atoms with Gasteiger partial charge in [-0.25, -0.2) is 4.39 Å². The molecule has 0 radical (unpaired) electrons. The zero-order valence-corrected chi connectivity index (χ0v) is 6.52. The SMILES string of the molecule is OCC1(F)C[C@H]2CC[C@@H](C1)N2. The number of alkyl halides is 1. The third kappa shape index (κ3) is 1.27. The summed E-state index contributed by atoms with van der Waals surface area (Å²) in [7, 11) is 0. The first kappa shape index (κ1) is 7.50. The minimum Gasteiger partial charge on any atom is -0.393 e. The Morgan fingerprint density at radius 3 is 2.36 bits per heavy atom. The molecule has 2 fully saturated rings. The molecule has 0 spiro atoms. The van der Waals surface area contributed by atoms with Crippen molar-refractivity contribution in [1.29, 1.82) is 0 Å². The number of aliphatic hydroxyl groups excluding tert-OH is 1. The van der Waals surface area contributed by atoms with Crippen LogP contribution >= 0.6 is 0 Å². The third-order valence-corrected chi connectivity index (χ3v) is 2.84. The van der Waals surface area contributed by atoms with E-state index in [1.54, 1.807) is 0 Å². The van der Waals surface area contributed by atoms with Gasteiger partial charge in [-0.1, -0.05) is 0 Å². The molecule has 0 aromatic carbocycles. The molecule has 2 saturated heterocycles. The van der Waals surface area contributed by atoms with E-state index in [0.29, 0.717) is 24.9 Å². The van der Waals surface area contributed by atoms with Gasteiger partial charge in [-0.3, -0.25) is 0 Å². The van der Waals surface area contributed by atoms with Crippen LogP contribution in [0.25, 0.3) is 0 Å². The van der Waals surface area contributed by atoms with Gasteiger partial charge in [0.2, 0.25) is 0 Å². The van der Waals surface area contributed by atoms with Crippen LogP contribution in [0, 0.1) is 0 Å². The maximum atomic E-state index is 13.6. The highest BCUT2D eigenvalue weighted by atomic mass is 19.1. The van der Waals surface area contributed by atoms with Crippen molar-refractivity contribution in [3.05, 3.63) is 0 Å². The van der Waals surface area contributed by atoms with Crippen LogP contribution in [0.15, 0.2) is 0 Å². The van der Waals surface area contributed by atoms with E-state index in [0.717, 1.165) is 12.8 Å². The van der Waals surface area contributed by atoms with Crippen LogP contribution in [0.1, 0.15) is 25.7 Å². The fraction of sp³-hybridized carbons (Fsp3) is 1.00. The van der Waals surface area contributed by atoms with Gasteiger partial charge in [0.15, 0.2) is 0 Å². The van der Waals surface area contributed by atoms with Gasteiger partial charge >= 0.3 is 0 Å². The van der Waals surface area contributed by atoms with Crippen LogP contribution in [0.5, 0.6) is 0 Å². The van der Waals surface area contributed by atoms with E-state index in [1.165, 1.54) is 0 Å². The first-order valence-corrected chi connectivity index (χ1v) is 4.28. The van der Waals surface area contributed by atoms with Gasteiger partial charge in [-0.05, 0) is 25.7 Å². The van der Waals surface area contributed by atoms with Crippen molar-refractivity contribution >= 4 is 0 Å². The monoisotopic (exact) mass is 159 g/mol. The largest absolute Gasteiger partial charge is 0.393 e. The molecule has 2 N–H and O–H groups in total. The molecular weight excluding hydrogens is 145 g/mol. The average Bonchev–Trinajstić information content (AvgIpc) is 2.31. The molecular formula is C8H14FNO. The lowest BCUT2D eigenvalue weighted by molar-refractivity contribution is 0.0255. The van der Waals surface area contributed by atoms with Crippen LogP contribution < -0.4 is 5.32 Å². The van der Waals surface area contributed by atoms with E-state index >= 15 is 0 Å². The zero-order chi connectivity index (χ0) is 7.90. The number of aliphatic hydroxyl groups is 1. The van der Waals surface area contributed by atoms with E-state index in [-0.39, 0.29) is 6.61 Å². The van der Waals surface area contributed by atoms with Crippen LogP contribution in [0.3, 0.4) is 0 Å². The van der Waals surface area contributed by atoms with E-state index < -0.39 is 5.67 Å². The zero-order valence-electron chi connectivity index (χ0n) is 6.52. The lowest BCUT2D eigenvalue weighted by Gasteiger charge is -2.33. The summed E-state index contributed by atoms with van der Waals surface area (Å²) in [6, 6.07) is 0.650. The van der Waals surface area contributed by atoms with Gasteiger partial charge in [-0.15, -0.1) is 0 Å². The quantitative estimate of drug-likeness (QED) is 0.587. The first-order valence-electron chi connectivity index (χ1n) is 4.28. The Morgan fingerprint density at radius 2 is 1.91 bits per heavy atom. The molecule has 1 unspecified atom stereocenters. The second-order valence-electron chi connectivity index (χ2n) is 3.86. The topological polar surface area (TPSA) is 32.3 Å². The summed E-state index contributed by atoms with van der Waals surface area (Å²) in [4.78, 5) is 0. The Kier molecular flexibility index (Phi) is 1.65. The van der Waals surface area contributed by atoms with Gasteiger partial charge in [0.1, 0.15) is 5.67 Å². The average molecular weight is 159 g/mol. The summed E-state index contributed by atoms with van der Waals surface area (Å²) in [5, 5.41) is 12.1. The number of hydrogen-bond donors (Lipinski definition) is 2. The number of piperidine rings is 1. The predicted octanol–water partition coefficient (Wildman–Crippen LogP) is 0.601. The van der Waals surface area contributed by atoms with Crippen molar-refractivity contribution in [2.24, 2.45) is 0 Å². The van der Waals surface area contributed by atoms with Crippen molar-refractivity contribution < 1.29 is 9.50 Å². The van der Waals surface area contributed by atoms with Crippen LogP contribution in [-0.4, -0.2) is 29.5 Å². The van der Waals surface area contributed by atoms with Crippen molar-refractivity contribution in [2.75, 3.05) is 6.61 Å². The smallest absolute Gasteiger partial charge is 0.136 e. The normalized spacial score (nSPS) is 49.6. The Bertz CT molecular complexity index is 150. The maximum Gasteiger partial charge on any atom is 0.136 e. The Labute approximate surface area is 65.8 Å². The maximum absolute atomic E-state index is 13.6. The highest BCUT2D eigenvalue weighted by Gasteiger charge is 2.43. The molecule has 64 valence electrons. The van der Waals surface area contributed by atoms with Gasteiger partial charge in [0, 0.05) is 12.1 Å². The molecule has 2 bridgehead atoms. The summed E-state index contributed by atoms with van der Waals surface area (Å²) in [6.45, 7) is -0.304. The van der Waals surface area contributed by atoms with E-state index in [9.17, 15) is 4.39 Å². The number of hydrogen-bond acceptors (Lipinski definition) is 2. The summed E-state index contributed by atoms with van der Waals surface area (Å²) in [6.07, 6.45) is 3.16. The molecule has 0 aliphatic carbocycles. The molecule has 0 aromatic heterocycles. The molecule has 11 heavy (non-hydrogen) atoms. The number of halogens is 1. The highest BCUT2D eigenvalue weighted by molar-refractivity contribution is 4.99. The number of rotatable bonds is 1. The Hall–Kier alpha value is -0.150. The van der Waals surface area contributed by atoms with Crippen molar-refractivity contribution in [2.45, 2.75) is 43.4 Å². The van der Waals surface area contributed by atoms with Crippen LogP contribution in [0.4, 0.5) is 4.39 Å². The van der Waals surface area contributed by atoms with E-state index in [4.69, 9.17) is 5.11 Å². The molecule has 2 aliphatic heterocycles. The van der Waals surface area contributed by atoms with E-state index in [1.807, 2.05) is 0 Å². The fourth-order valence-corrected chi connectivity index (χ4v) is 2.32. The van der Waals surface area contributed by atoms with Crippen LogP contribution in [-0.2, 0) is 0 Å².